The molecule has 0 unspecified atom stereocenters. The van der Waals surface area contributed by atoms with Crippen molar-refractivity contribution in [1.29, 1.82) is 0 Å². The van der Waals surface area contributed by atoms with E-state index in [1.54, 1.807) is 11.3 Å². The van der Waals surface area contributed by atoms with Gasteiger partial charge in [-0.15, -0.1) is 0 Å². The first-order valence-electron chi connectivity index (χ1n) is 6.99. The molecule has 4 rings (SSSR count). The molecule has 1 N–H and O–H groups in total. The molecule has 4 nitrogen and oxygen atoms in total. The van der Waals surface area contributed by atoms with Gasteiger partial charge in [0.2, 0.25) is 0 Å². The Bertz CT molecular complexity index is 865. The van der Waals surface area contributed by atoms with Crippen molar-refractivity contribution >= 4 is 26.7 Å². The zero-order valence-corrected chi connectivity index (χ0v) is 12.5. The summed E-state index contributed by atoms with van der Waals surface area (Å²) in [6.07, 6.45) is 0. The average molecular weight is 307 g/mol. The number of anilines is 1. The van der Waals surface area contributed by atoms with Crippen molar-refractivity contribution in [1.82, 2.24) is 10.1 Å². The van der Waals surface area contributed by atoms with Crippen LogP contribution in [0.2, 0.25) is 0 Å². The summed E-state index contributed by atoms with van der Waals surface area (Å²) in [6.45, 7) is 0.569. The molecule has 0 fully saturated rings. The fourth-order valence-electron chi connectivity index (χ4n) is 2.25. The quantitative estimate of drug-likeness (QED) is 0.600. The first kappa shape index (κ1) is 13.0. The molecule has 0 amide bonds. The molecule has 2 heterocycles. The zero-order valence-electron chi connectivity index (χ0n) is 11.7. The van der Waals surface area contributed by atoms with Crippen LogP contribution < -0.4 is 5.32 Å². The van der Waals surface area contributed by atoms with Gasteiger partial charge in [-0.1, -0.05) is 59.0 Å². The standard InChI is InChI=1S/C17H13N3OS/c1-2-6-12(7-3-1)15-10-13(21-20-15)11-18-17-19-14-8-4-5-9-16(14)22-17/h1-10H,11H2,(H,18,19). The Morgan fingerprint density at radius 2 is 1.82 bits per heavy atom. The van der Waals surface area contributed by atoms with E-state index in [0.29, 0.717) is 6.54 Å². The number of rotatable bonds is 4. The minimum atomic E-state index is 0.569. The van der Waals surface area contributed by atoms with Gasteiger partial charge in [0, 0.05) is 11.6 Å². The Labute approximate surface area is 131 Å². The van der Waals surface area contributed by atoms with Gasteiger partial charge < -0.3 is 9.84 Å². The normalized spacial score (nSPS) is 10.9. The van der Waals surface area contributed by atoms with Crippen molar-refractivity contribution in [2.24, 2.45) is 0 Å². The number of benzene rings is 2. The van der Waals surface area contributed by atoms with Gasteiger partial charge in [-0.2, -0.15) is 0 Å². The maximum absolute atomic E-state index is 5.38. The first-order chi connectivity index (χ1) is 10.9. The van der Waals surface area contributed by atoms with Crippen LogP contribution in [0.4, 0.5) is 5.13 Å². The Hall–Kier alpha value is -2.66. The van der Waals surface area contributed by atoms with Gasteiger partial charge in [0.05, 0.1) is 16.8 Å². The minimum Gasteiger partial charge on any atom is -0.359 e. The number of thiazole rings is 1. The third-order valence-corrected chi connectivity index (χ3v) is 4.33. The van der Waals surface area contributed by atoms with Crippen molar-refractivity contribution < 1.29 is 4.52 Å². The lowest BCUT2D eigenvalue weighted by Gasteiger charge is -1.96. The number of nitrogens with one attached hydrogen (secondary N) is 1. The Balaban J connectivity index is 1.49. The Morgan fingerprint density at radius 1 is 1.00 bits per heavy atom. The van der Waals surface area contributed by atoms with E-state index in [9.17, 15) is 0 Å². The van der Waals surface area contributed by atoms with Crippen LogP contribution in [0.1, 0.15) is 5.76 Å². The maximum atomic E-state index is 5.38. The molecule has 0 aliphatic rings. The Kier molecular flexibility index (Phi) is 3.33. The summed E-state index contributed by atoms with van der Waals surface area (Å²) in [5, 5.41) is 8.29. The van der Waals surface area contributed by atoms with Crippen LogP contribution >= 0.6 is 11.3 Å². The van der Waals surface area contributed by atoms with E-state index < -0.39 is 0 Å². The molecule has 0 aliphatic carbocycles. The van der Waals surface area contributed by atoms with E-state index in [-0.39, 0.29) is 0 Å². The molecule has 22 heavy (non-hydrogen) atoms. The summed E-state index contributed by atoms with van der Waals surface area (Å²) >= 11 is 1.64. The zero-order chi connectivity index (χ0) is 14.8. The summed E-state index contributed by atoms with van der Waals surface area (Å²) in [5.41, 5.74) is 2.91. The second kappa shape index (κ2) is 5.61. The third-order valence-electron chi connectivity index (χ3n) is 3.34. The lowest BCUT2D eigenvalue weighted by atomic mass is 10.1. The monoisotopic (exact) mass is 307 g/mol. The highest BCUT2D eigenvalue weighted by Crippen LogP contribution is 2.26. The van der Waals surface area contributed by atoms with Crippen molar-refractivity contribution in [3.05, 3.63) is 66.4 Å². The smallest absolute Gasteiger partial charge is 0.184 e. The molecule has 0 radical (unpaired) electrons. The highest BCUT2D eigenvalue weighted by Gasteiger charge is 2.07. The molecule has 0 saturated heterocycles. The lowest BCUT2D eigenvalue weighted by molar-refractivity contribution is 0.390. The maximum Gasteiger partial charge on any atom is 0.184 e. The van der Waals surface area contributed by atoms with Gasteiger partial charge in [0.25, 0.3) is 0 Å². The predicted octanol–water partition coefficient (Wildman–Crippen LogP) is 4.56. The van der Waals surface area contributed by atoms with E-state index in [1.165, 1.54) is 4.70 Å². The number of aromatic nitrogens is 2. The fraction of sp³-hybridized carbons (Fsp3) is 0.0588. The molecule has 0 saturated carbocycles. The molecule has 108 valence electrons. The molecule has 0 atom stereocenters. The summed E-state index contributed by atoms with van der Waals surface area (Å²) < 4.78 is 6.55. The molecule has 0 spiro atoms. The average Bonchev–Trinajstić information content (AvgIpc) is 3.20. The van der Waals surface area contributed by atoms with Crippen molar-refractivity contribution in [2.45, 2.75) is 6.54 Å². The number of para-hydroxylation sites is 1. The molecular formula is C17H13N3OS. The highest BCUT2D eigenvalue weighted by atomic mass is 32.1. The van der Waals surface area contributed by atoms with Gasteiger partial charge >= 0.3 is 0 Å². The summed E-state index contributed by atoms with van der Waals surface area (Å²) in [6, 6.07) is 20.0. The second-order valence-corrected chi connectivity index (χ2v) is 5.92. The molecule has 0 bridgehead atoms. The van der Waals surface area contributed by atoms with E-state index in [2.05, 4.69) is 21.5 Å². The van der Waals surface area contributed by atoms with Gasteiger partial charge in [0.15, 0.2) is 10.9 Å². The van der Waals surface area contributed by atoms with Crippen LogP contribution in [0.15, 0.2) is 65.2 Å². The van der Waals surface area contributed by atoms with Crippen LogP contribution in [0, 0.1) is 0 Å². The number of nitrogens with zero attached hydrogens (tertiary/aromatic N) is 2. The molecule has 0 aliphatic heterocycles. The Morgan fingerprint density at radius 3 is 2.68 bits per heavy atom. The number of hydrogen-bond acceptors (Lipinski definition) is 5. The van der Waals surface area contributed by atoms with E-state index in [4.69, 9.17) is 4.52 Å². The molecule has 5 heteroatoms. The third kappa shape index (κ3) is 2.58. The number of fused-ring (bicyclic) bond motifs is 1. The predicted molar refractivity (Wildman–Crippen MR) is 88.9 cm³/mol. The van der Waals surface area contributed by atoms with Gasteiger partial charge in [0.1, 0.15) is 5.69 Å². The van der Waals surface area contributed by atoms with E-state index in [0.717, 1.165) is 27.7 Å². The van der Waals surface area contributed by atoms with E-state index >= 15 is 0 Å². The largest absolute Gasteiger partial charge is 0.359 e. The van der Waals surface area contributed by atoms with Crippen LogP contribution in [0.3, 0.4) is 0 Å². The van der Waals surface area contributed by atoms with Crippen LogP contribution in [0.25, 0.3) is 21.5 Å². The molecule has 2 aromatic heterocycles. The highest BCUT2D eigenvalue weighted by molar-refractivity contribution is 7.22. The van der Waals surface area contributed by atoms with Gasteiger partial charge in [-0.25, -0.2) is 4.98 Å². The van der Waals surface area contributed by atoms with E-state index in [1.807, 2.05) is 54.6 Å². The van der Waals surface area contributed by atoms with Crippen LogP contribution in [-0.2, 0) is 6.54 Å². The van der Waals surface area contributed by atoms with Crippen LogP contribution in [-0.4, -0.2) is 10.1 Å². The lowest BCUT2D eigenvalue weighted by Crippen LogP contribution is -1.96. The van der Waals surface area contributed by atoms with Crippen molar-refractivity contribution in [3.63, 3.8) is 0 Å². The molecule has 2 aromatic carbocycles. The van der Waals surface area contributed by atoms with Crippen molar-refractivity contribution in [3.8, 4) is 11.3 Å². The fourth-order valence-corrected chi connectivity index (χ4v) is 3.11. The molecular weight excluding hydrogens is 294 g/mol. The van der Waals surface area contributed by atoms with Crippen molar-refractivity contribution in [2.75, 3.05) is 5.32 Å². The summed E-state index contributed by atoms with van der Waals surface area (Å²) in [5.74, 6) is 0.790. The van der Waals surface area contributed by atoms with Crippen LogP contribution in [0.5, 0.6) is 0 Å². The first-order valence-corrected chi connectivity index (χ1v) is 7.80. The van der Waals surface area contributed by atoms with Gasteiger partial charge in [-0.3, -0.25) is 0 Å². The second-order valence-electron chi connectivity index (χ2n) is 4.88. The summed E-state index contributed by atoms with van der Waals surface area (Å²) in [4.78, 5) is 4.54. The van der Waals surface area contributed by atoms with Gasteiger partial charge in [-0.05, 0) is 12.1 Å². The topological polar surface area (TPSA) is 51.0 Å². The molecule has 4 aromatic rings. The number of hydrogen-bond donors (Lipinski definition) is 1. The minimum absolute atomic E-state index is 0.569. The summed E-state index contributed by atoms with van der Waals surface area (Å²) in [7, 11) is 0. The SMILES string of the molecule is c1ccc(-c2cc(CNc3nc4ccccc4s3)on2)cc1.